The van der Waals surface area contributed by atoms with Crippen LogP contribution >= 0.6 is 22.7 Å². The first kappa shape index (κ1) is 38.4. The van der Waals surface area contributed by atoms with Gasteiger partial charge in [-0.3, -0.25) is 4.79 Å². The molecular formula is C42H48N6O6S2. The monoisotopic (exact) mass is 796 g/mol. The Morgan fingerprint density at radius 3 is 2.70 bits per heavy atom. The number of carbonyl (C=O) groups is 1. The smallest absolute Gasteiger partial charge is 0.349 e. The number of nitrogens with zero attached hydrogens (tertiary/aromatic N) is 4. The maximum Gasteiger partial charge on any atom is 0.349 e. The third-order valence-corrected chi connectivity index (χ3v) is 13.7. The van der Waals surface area contributed by atoms with E-state index in [1.54, 1.807) is 18.2 Å². The van der Waals surface area contributed by atoms with Gasteiger partial charge in [-0.25, -0.2) is 9.48 Å². The van der Waals surface area contributed by atoms with Crippen molar-refractivity contribution in [3.8, 4) is 5.75 Å². The average Bonchev–Trinajstić information content (AvgIpc) is 4.03. The molecule has 0 aliphatic heterocycles. The number of thiophene rings is 2. The molecule has 2 aliphatic rings. The van der Waals surface area contributed by atoms with E-state index in [4.69, 9.17) is 4.74 Å². The summed E-state index contributed by atoms with van der Waals surface area (Å²) in [5.74, 6) is -0.622. The van der Waals surface area contributed by atoms with Crippen LogP contribution in [0.15, 0.2) is 64.8 Å². The van der Waals surface area contributed by atoms with Gasteiger partial charge in [0.1, 0.15) is 17.4 Å². The summed E-state index contributed by atoms with van der Waals surface area (Å²) >= 11 is 2.78. The summed E-state index contributed by atoms with van der Waals surface area (Å²) in [6.45, 7) is 4.51. The summed E-state index contributed by atoms with van der Waals surface area (Å²) < 4.78 is 8.08. The summed E-state index contributed by atoms with van der Waals surface area (Å²) in [5, 5.41) is 48.1. The Morgan fingerprint density at radius 2 is 1.93 bits per heavy atom. The molecule has 0 radical (unpaired) electrons. The lowest BCUT2D eigenvalue weighted by molar-refractivity contribution is -0.169. The van der Waals surface area contributed by atoms with Gasteiger partial charge in [0.25, 0.3) is 0 Å². The molecule has 2 atom stereocenters. The molecular weight excluding hydrogens is 749 g/mol. The Morgan fingerprint density at radius 1 is 1.11 bits per heavy atom. The first-order chi connectivity index (χ1) is 27.1. The van der Waals surface area contributed by atoms with Gasteiger partial charge >= 0.3 is 5.97 Å². The van der Waals surface area contributed by atoms with Crippen molar-refractivity contribution in [1.82, 2.24) is 30.2 Å². The second kappa shape index (κ2) is 16.2. The van der Waals surface area contributed by atoms with Crippen molar-refractivity contribution in [2.75, 3.05) is 20.1 Å². The van der Waals surface area contributed by atoms with Crippen molar-refractivity contribution in [1.29, 1.82) is 0 Å². The van der Waals surface area contributed by atoms with Gasteiger partial charge < -0.3 is 35.3 Å². The van der Waals surface area contributed by atoms with Gasteiger partial charge in [-0.1, -0.05) is 17.3 Å². The topological polar surface area (TPSA) is 166 Å². The van der Waals surface area contributed by atoms with Crippen LogP contribution < -0.4 is 10.9 Å². The zero-order valence-electron chi connectivity index (χ0n) is 31.7. The third kappa shape index (κ3) is 7.53. The number of fused-ring (bicyclic) bond motifs is 4. The Labute approximate surface area is 332 Å². The summed E-state index contributed by atoms with van der Waals surface area (Å²) in [7, 11) is 2.17. The van der Waals surface area contributed by atoms with E-state index in [1.807, 2.05) is 30.5 Å². The molecule has 8 rings (SSSR count). The number of carbonyl (C=O) groups excluding carboxylic acids is 1. The van der Waals surface area contributed by atoms with Crippen LogP contribution in [-0.2, 0) is 41.1 Å². The van der Waals surface area contributed by atoms with Crippen molar-refractivity contribution in [2.45, 2.75) is 95.2 Å². The van der Waals surface area contributed by atoms with Crippen LogP contribution in [0, 0.1) is 6.92 Å². The Kier molecular flexibility index (Phi) is 11.1. The second-order valence-corrected chi connectivity index (χ2v) is 17.5. The normalized spacial score (nSPS) is 18.7. The number of pyridine rings is 1. The number of phenolic OH excluding ortho intramolecular Hbond substituents is 1. The molecule has 5 N–H and O–H groups in total. The second-order valence-electron chi connectivity index (χ2n) is 15.2. The number of hydrogen-bond donors (Lipinski definition) is 5. The number of esters is 1. The summed E-state index contributed by atoms with van der Waals surface area (Å²) in [4.78, 5) is 32.6. The van der Waals surface area contributed by atoms with Gasteiger partial charge in [0.15, 0.2) is 0 Å². The van der Waals surface area contributed by atoms with Crippen molar-refractivity contribution >= 4 is 50.6 Å². The zero-order valence-corrected chi connectivity index (χ0v) is 33.3. The average molecular weight is 797 g/mol. The van der Waals surface area contributed by atoms with Gasteiger partial charge in [-0.2, -0.15) is 0 Å². The number of rotatable bonds is 14. The van der Waals surface area contributed by atoms with Crippen LogP contribution in [0.3, 0.4) is 0 Å². The number of aryl methyl sites for hydroxylation is 3. The molecule has 0 spiro atoms. The number of aromatic amines is 1. The number of ether oxygens (including phenoxy) is 1. The molecule has 4 heterocycles. The van der Waals surface area contributed by atoms with Crippen molar-refractivity contribution < 1.29 is 24.9 Å². The molecule has 0 saturated heterocycles. The Bertz CT molecular complexity index is 2400. The van der Waals surface area contributed by atoms with E-state index in [0.717, 1.165) is 80.4 Å². The van der Waals surface area contributed by atoms with Crippen LogP contribution in [0.25, 0.3) is 21.9 Å². The minimum Gasteiger partial charge on any atom is -0.506 e. The predicted molar refractivity (Wildman–Crippen MR) is 218 cm³/mol. The first-order valence-electron chi connectivity index (χ1n) is 19.4. The number of phenols is 1. The van der Waals surface area contributed by atoms with Crippen LogP contribution in [0.2, 0.25) is 0 Å². The third-order valence-electron chi connectivity index (χ3n) is 11.6. The largest absolute Gasteiger partial charge is 0.506 e. The van der Waals surface area contributed by atoms with Gasteiger partial charge in [0.05, 0.1) is 26.9 Å². The minimum absolute atomic E-state index is 0.0316. The summed E-state index contributed by atoms with van der Waals surface area (Å²) in [6, 6.07) is 16.1. The van der Waals surface area contributed by atoms with E-state index >= 15 is 0 Å². The standard InChI is InChI=1S/C42H48N6O6S2/c1-25-9-17-37(56-25)42(53,36-8-4-21-55-36)41(52)54-28-12-10-27(11-13-28)47(2)19-5-20-48-40-32-7-3-6-29(32)26(22-33(40)45-46-48)23-43-24-35(50)30-14-16-34(49)39-31(30)15-18-38(51)44-39/h4,8-9,14-18,21-22,27-28,35,43,49-50,53H,3,5-7,10-13,19-20,23-24H2,1-2H3,(H,44,51)/t27-,28-,35-,42+/m0/s1. The summed E-state index contributed by atoms with van der Waals surface area (Å²) in [5.41, 5.74) is 4.69. The number of H-pyrrole nitrogens is 1. The van der Waals surface area contributed by atoms with E-state index in [0.29, 0.717) is 45.4 Å². The number of nitrogens with one attached hydrogen (secondary N) is 2. The highest BCUT2D eigenvalue weighted by Gasteiger charge is 2.45. The van der Waals surface area contributed by atoms with Gasteiger partial charge in [-0.05, 0) is 136 Å². The van der Waals surface area contributed by atoms with Crippen molar-refractivity contribution in [3.05, 3.63) is 107 Å². The quantitative estimate of drug-likeness (QED) is 0.0847. The molecule has 294 valence electrons. The SMILES string of the molecule is Cc1ccc([C@@](O)(C(=O)O[C@H]2CC[C@H](N(C)CCCn3nnc4cc(CNC[C@H](O)c5ccc(O)c6[nH]c(=O)ccc56)c5c(c43)CCC5)CC2)c2cccs2)s1. The number of aromatic hydroxyl groups is 1. The van der Waals surface area contributed by atoms with Crippen molar-refractivity contribution in [2.24, 2.45) is 0 Å². The fourth-order valence-electron chi connectivity index (χ4n) is 8.59. The zero-order chi connectivity index (χ0) is 39.0. The molecule has 1 saturated carbocycles. The molecule has 0 amide bonds. The highest BCUT2D eigenvalue weighted by molar-refractivity contribution is 7.13. The lowest BCUT2D eigenvalue weighted by Crippen LogP contribution is -2.42. The summed E-state index contributed by atoms with van der Waals surface area (Å²) in [6.07, 6.45) is 6.29. The molecule has 4 aromatic heterocycles. The van der Waals surface area contributed by atoms with E-state index < -0.39 is 17.7 Å². The molecule has 14 heteroatoms. The fraction of sp³-hybridized carbons (Fsp3) is 0.429. The van der Waals surface area contributed by atoms with Gasteiger partial charge in [0, 0.05) is 42.0 Å². The van der Waals surface area contributed by atoms with E-state index in [9.17, 15) is 24.9 Å². The van der Waals surface area contributed by atoms with E-state index in [-0.39, 0.29) is 17.4 Å². The molecule has 0 bridgehead atoms. The highest BCUT2D eigenvalue weighted by Crippen LogP contribution is 2.39. The van der Waals surface area contributed by atoms with E-state index in [1.165, 1.54) is 51.5 Å². The number of hydrogen-bond acceptors (Lipinski definition) is 12. The minimum atomic E-state index is -1.79. The molecule has 0 unspecified atom stereocenters. The maximum absolute atomic E-state index is 13.6. The fourth-order valence-corrected chi connectivity index (χ4v) is 10.4. The molecule has 56 heavy (non-hydrogen) atoms. The van der Waals surface area contributed by atoms with Gasteiger partial charge in [0.2, 0.25) is 11.2 Å². The van der Waals surface area contributed by atoms with Crippen LogP contribution in [-0.4, -0.2) is 78.4 Å². The van der Waals surface area contributed by atoms with E-state index in [2.05, 4.69) is 43.3 Å². The molecule has 6 aromatic rings. The molecule has 2 aromatic carbocycles. The van der Waals surface area contributed by atoms with Crippen molar-refractivity contribution in [3.63, 3.8) is 0 Å². The maximum atomic E-state index is 13.6. The number of benzene rings is 2. The lowest BCUT2D eigenvalue weighted by Gasteiger charge is -2.35. The Hall–Kier alpha value is -4.44. The molecule has 12 nitrogen and oxygen atoms in total. The Balaban J connectivity index is 0.843. The molecule has 1 fully saturated rings. The number of aromatic nitrogens is 4. The lowest BCUT2D eigenvalue weighted by atomic mass is 9.91. The van der Waals surface area contributed by atoms with Gasteiger partial charge in [-0.15, -0.1) is 27.8 Å². The first-order valence-corrected chi connectivity index (χ1v) is 21.1. The number of aliphatic hydroxyl groups excluding tert-OH is 1. The number of aliphatic hydroxyl groups is 2. The van der Waals surface area contributed by atoms with Crippen LogP contribution in [0.4, 0.5) is 0 Å². The molecule has 2 aliphatic carbocycles. The highest BCUT2D eigenvalue weighted by atomic mass is 32.1. The van der Waals surface area contributed by atoms with Crippen LogP contribution in [0.1, 0.15) is 81.5 Å². The van der Waals surface area contributed by atoms with Crippen LogP contribution in [0.5, 0.6) is 5.75 Å². The predicted octanol–water partition coefficient (Wildman–Crippen LogP) is 5.83.